The van der Waals surface area contributed by atoms with E-state index in [2.05, 4.69) is 5.32 Å². The van der Waals surface area contributed by atoms with Crippen LogP contribution in [0.4, 0.5) is 32.0 Å². The number of carbonyl (C=O) groups excluding carboxylic acids is 1. The van der Waals surface area contributed by atoms with E-state index in [1.54, 1.807) is 0 Å². The third kappa shape index (κ3) is 5.10. The summed E-state index contributed by atoms with van der Waals surface area (Å²) in [6, 6.07) is 9.39. The second-order valence-corrected chi connectivity index (χ2v) is 5.29. The Hall–Kier alpha value is -3.28. The predicted octanol–water partition coefficient (Wildman–Crippen LogP) is 5.27. The average Bonchev–Trinajstić information content (AvgIpc) is 2.58. The minimum absolute atomic E-state index is 0.250. The molecule has 2 aromatic rings. The molecule has 0 heterocycles. The topological polar surface area (TPSA) is 52.9 Å². The van der Waals surface area contributed by atoms with Crippen molar-refractivity contribution in [2.75, 3.05) is 5.32 Å². The monoisotopic (exact) mass is 384 g/mol. The first-order valence-corrected chi connectivity index (χ1v) is 7.29. The summed E-state index contributed by atoms with van der Waals surface area (Å²) >= 11 is 0. The SMILES string of the molecule is N#C/C(=C/c1ccccc1C(F)(F)F)C(=O)Nc1cccc(C(F)(F)F)c1. The van der Waals surface area contributed by atoms with Gasteiger partial charge in [-0.15, -0.1) is 0 Å². The molecule has 1 N–H and O–H groups in total. The van der Waals surface area contributed by atoms with Crippen LogP contribution in [0, 0.1) is 11.3 Å². The van der Waals surface area contributed by atoms with Crippen molar-refractivity contribution >= 4 is 17.7 Å². The molecule has 0 aliphatic carbocycles. The summed E-state index contributed by atoms with van der Waals surface area (Å²) < 4.78 is 77.0. The number of alkyl halides is 6. The van der Waals surface area contributed by atoms with E-state index in [4.69, 9.17) is 5.26 Å². The largest absolute Gasteiger partial charge is 0.416 e. The van der Waals surface area contributed by atoms with Crippen LogP contribution < -0.4 is 5.32 Å². The zero-order valence-electron chi connectivity index (χ0n) is 13.3. The molecular formula is C18H10F6N2O. The van der Waals surface area contributed by atoms with E-state index < -0.39 is 40.5 Å². The normalized spacial score (nSPS) is 12.4. The Morgan fingerprint density at radius 3 is 2.22 bits per heavy atom. The molecule has 0 aliphatic rings. The molecular weight excluding hydrogens is 374 g/mol. The van der Waals surface area contributed by atoms with Crippen molar-refractivity contribution in [1.29, 1.82) is 5.26 Å². The fraction of sp³-hybridized carbons (Fsp3) is 0.111. The summed E-state index contributed by atoms with van der Waals surface area (Å²) in [6.45, 7) is 0. The molecule has 0 saturated heterocycles. The number of halogens is 6. The zero-order valence-corrected chi connectivity index (χ0v) is 13.3. The number of anilines is 1. The maximum Gasteiger partial charge on any atom is 0.416 e. The summed E-state index contributed by atoms with van der Waals surface area (Å²) in [7, 11) is 0. The van der Waals surface area contributed by atoms with Gasteiger partial charge in [0.25, 0.3) is 5.91 Å². The van der Waals surface area contributed by atoms with Gasteiger partial charge in [-0.25, -0.2) is 0 Å². The summed E-state index contributed by atoms with van der Waals surface area (Å²) in [5.74, 6) is -1.13. The Labute approximate surface area is 149 Å². The maximum atomic E-state index is 13.0. The molecule has 0 radical (unpaired) electrons. The Morgan fingerprint density at radius 2 is 1.63 bits per heavy atom. The highest BCUT2D eigenvalue weighted by Crippen LogP contribution is 2.33. The number of nitrogens with one attached hydrogen (secondary N) is 1. The second kappa shape index (κ2) is 7.53. The molecule has 140 valence electrons. The van der Waals surface area contributed by atoms with Gasteiger partial charge in [-0.3, -0.25) is 4.79 Å². The molecule has 0 spiro atoms. The Kier molecular flexibility index (Phi) is 5.59. The van der Waals surface area contributed by atoms with Crippen LogP contribution in [0.15, 0.2) is 54.1 Å². The van der Waals surface area contributed by atoms with Crippen molar-refractivity contribution in [3.05, 3.63) is 70.8 Å². The van der Waals surface area contributed by atoms with Crippen molar-refractivity contribution in [1.82, 2.24) is 0 Å². The van der Waals surface area contributed by atoms with Crippen molar-refractivity contribution in [2.24, 2.45) is 0 Å². The highest BCUT2D eigenvalue weighted by molar-refractivity contribution is 6.09. The second-order valence-electron chi connectivity index (χ2n) is 5.29. The van der Waals surface area contributed by atoms with E-state index in [-0.39, 0.29) is 5.69 Å². The molecule has 3 nitrogen and oxygen atoms in total. The molecule has 2 rings (SSSR count). The summed E-state index contributed by atoms with van der Waals surface area (Å²) in [4.78, 5) is 12.1. The van der Waals surface area contributed by atoms with Crippen molar-refractivity contribution in [2.45, 2.75) is 12.4 Å². The Balaban J connectivity index is 2.33. The number of hydrogen-bond acceptors (Lipinski definition) is 2. The Morgan fingerprint density at radius 1 is 0.963 bits per heavy atom. The Bertz CT molecular complexity index is 922. The van der Waals surface area contributed by atoms with Crippen molar-refractivity contribution in [3.8, 4) is 6.07 Å². The van der Waals surface area contributed by atoms with Gasteiger partial charge in [0, 0.05) is 5.69 Å². The van der Waals surface area contributed by atoms with Gasteiger partial charge in [0.15, 0.2) is 0 Å². The van der Waals surface area contributed by atoms with Crippen LogP contribution in [0.3, 0.4) is 0 Å². The number of amides is 1. The molecule has 0 aliphatic heterocycles. The van der Waals surface area contributed by atoms with Crippen LogP contribution in [0.1, 0.15) is 16.7 Å². The van der Waals surface area contributed by atoms with Crippen LogP contribution in [-0.2, 0) is 17.1 Å². The zero-order chi connectivity index (χ0) is 20.2. The number of rotatable bonds is 3. The number of carbonyl (C=O) groups is 1. The van der Waals surface area contributed by atoms with Crippen molar-refractivity contribution < 1.29 is 31.1 Å². The predicted molar refractivity (Wildman–Crippen MR) is 85.1 cm³/mol. The third-order valence-corrected chi connectivity index (χ3v) is 3.38. The molecule has 0 fully saturated rings. The van der Waals surface area contributed by atoms with Gasteiger partial charge >= 0.3 is 12.4 Å². The highest BCUT2D eigenvalue weighted by Gasteiger charge is 2.33. The van der Waals surface area contributed by atoms with Crippen LogP contribution >= 0.6 is 0 Å². The van der Waals surface area contributed by atoms with E-state index in [1.165, 1.54) is 12.1 Å². The van der Waals surface area contributed by atoms with E-state index in [1.807, 2.05) is 0 Å². The van der Waals surface area contributed by atoms with E-state index in [0.717, 1.165) is 42.5 Å². The maximum absolute atomic E-state index is 13.0. The lowest BCUT2D eigenvalue weighted by Crippen LogP contribution is -2.15. The minimum atomic E-state index is -4.70. The third-order valence-electron chi connectivity index (χ3n) is 3.38. The molecule has 1 amide bonds. The standard InChI is InChI=1S/C18H10F6N2O/c19-17(20,21)13-5-3-6-14(9-13)26-16(27)12(10-25)8-11-4-1-2-7-15(11)18(22,23)24/h1-9H,(H,26,27)/b12-8-. The molecule has 0 atom stereocenters. The first-order valence-electron chi connectivity index (χ1n) is 7.29. The fourth-order valence-corrected chi connectivity index (χ4v) is 2.16. The van der Waals surface area contributed by atoms with E-state index in [0.29, 0.717) is 6.07 Å². The van der Waals surface area contributed by atoms with E-state index in [9.17, 15) is 31.1 Å². The minimum Gasteiger partial charge on any atom is -0.321 e. The lowest BCUT2D eigenvalue weighted by atomic mass is 10.0. The number of benzene rings is 2. The molecule has 0 unspecified atom stereocenters. The first-order chi connectivity index (χ1) is 12.5. The quantitative estimate of drug-likeness (QED) is 0.445. The lowest BCUT2D eigenvalue weighted by molar-refractivity contribution is -0.138. The highest BCUT2D eigenvalue weighted by atomic mass is 19.4. The van der Waals surface area contributed by atoms with Gasteiger partial charge in [0.2, 0.25) is 0 Å². The van der Waals surface area contributed by atoms with Gasteiger partial charge in [-0.1, -0.05) is 24.3 Å². The first kappa shape index (κ1) is 20.0. The average molecular weight is 384 g/mol. The van der Waals surface area contributed by atoms with Crippen LogP contribution in [-0.4, -0.2) is 5.91 Å². The lowest BCUT2D eigenvalue weighted by Gasteiger charge is -2.11. The van der Waals surface area contributed by atoms with Gasteiger partial charge in [0.05, 0.1) is 11.1 Å². The van der Waals surface area contributed by atoms with Crippen LogP contribution in [0.2, 0.25) is 0 Å². The molecule has 9 heteroatoms. The smallest absolute Gasteiger partial charge is 0.321 e. The number of nitriles is 1. The number of hydrogen-bond donors (Lipinski definition) is 1. The summed E-state index contributed by atoms with van der Waals surface area (Å²) in [6.07, 6.45) is -8.61. The van der Waals surface area contributed by atoms with Crippen LogP contribution in [0.25, 0.3) is 6.08 Å². The molecule has 0 aromatic heterocycles. The molecule has 0 bridgehead atoms. The number of nitrogens with zero attached hydrogens (tertiary/aromatic N) is 1. The summed E-state index contributed by atoms with van der Waals surface area (Å²) in [5.41, 5.74) is -3.43. The molecule has 0 saturated carbocycles. The van der Waals surface area contributed by atoms with Gasteiger partial charge < -0.3 is 5.32 Å². The van der Waals surface area contributed by atoms with Gasteiger partial charge in [0.1, 0.15) is 11.6 Å². The van der Waals surface area contributed by atoms with Crippen LogP contribution in [0.5, 0.6) is 0 Å². The van der Waals surface area contributed by atoms with Gasteiger partial charge in [-0.2, -0.15) is 31.6 Å². The van der Waals surface area contributed by atoms with E-state index >= 15 is 0 Å². The van der Waals surface area contributed by atoms with Gasteiger partial charge in [-0.05, 0) is 35.9 Å². The molecule has 27 heavy (non-hydrogen) atoms. The summed E-state index contributed by atoms with van der Waals surface area (Å²) in [5, 5.41) is 11.1. The molecule has 2 aromatic carbocycles. The fourth-order valence-electron chi connectivity index (χ4n) is 2.16. The van der Waals surface area contributed by atoms with Crippen molar-refractivity contribution in [3.63, 3.8) is 0 Å².